The molecule has 150 valence electrons. The van der Waals surface area contributed by atoms with Crippen LogP contribution in [0, 0.1) is 0 Å². The van der Waals surface area contributed by atoms with Gasteiger partial charge in [-0.25, -0.2) is 0 Å². The van der Waals surface area contributed by atoms with Gasteiger partial charge in [0.1, 0.15) is 6.17 Å². The van der Waals surface area contributed by atoms with Gasteiger partial charge in [-0.05, 0) is 40.8 Å². The molecule has 2 aromatic rings. The SMILES string of the molecule is CN(C)c1ccc(CC(=O)N[C@@H]2CNCN2c2ccc(C(C)(C)C)cc2)cc1. The van der Waals surface area contributed by atoms with Gasteiger partial charge in [0.25, 0.3) is 0 Å². The number of nitrogens with one attached hydrogen (secondary N) is 2. The molecule has 1 saturated heterocycles. The zero-order valence-corrected chi connectivity index (χ0v) is 17.6. The Morgan fingerprint density at radius 3 is 2.32 bits per heavy atom. The molecule has 0 unspecified atom stereocenters. The number of rotatable bonds is 5. The lowest BCUT2D eigenvalue weighted by molar-refractivity contribution is -0.121. The van der Waals surface area contributed by atoms with Crippen LogP contribution in [-0.4, -0.2) is 39.4 Å². The fourth-order valence-corrected chi connectivity index (χ4v) is 3.43. The van der Waals surface area contributed by atoms with E-state index in [2.05, 4.69) is 65.5 Å². The van der Waals surface area contributed by atoms with E-state index >= 15 is 0 Å². The monoisotopic (exact) mass is 380 g/mol. The van der Waals surface area contributed by atoms with E-state index in [-0.39, 0.29) is 17.5 Å². The van der Waals surface area contributed by atoms with E-state index in [1.165, 1.54) is 5.56 Å². The van der Waals surface area contributed by atoms with Crippen LogP contribution >= 0.6 is 0 Å². The molecule has 0 saturated carbocycles. The van der Waals surface area contributed by atoms with Crippen molar-refractivity contribution in [2.75, 3.05) is 37.1 Å². The number of hydrogen-bond acceptors (Lipinski definition) is 4. The summed E-state index contributed by atoms with van der Waals surface area (Å²) >= 11 is 0. The molecule has 1 amide bonds. The standard InChI is InChI=1S/C23H32N4O/c1-23(2,3)18-8-12-20(13-9-18)27-16-24-15-21(27)25-22(28)14-17-6-10-19(11-7-17)26(4)5/h6-13,21,24H,14-16H2,1-5H3,(H,25,28)/t21-/m0/s1. The maximum absolute atomic E-state index is 12.6. The van der Waals surface area contributed by atoms with E-state index in [0.717, 1.165) is 30.2 Å². The van der Waals surface area contributed by atoms with Crippen LogP contribution < -0.4 is 20.4 Å². The molecule has 5 heteroatoms. The maximum atomic E-state index is 12.6. The number of benzene rings is 2. The highest BCUT2D eigenvalue weighted by molar-refractivity contribution is 5.79. The summed E-state index contributed by atoms with van der Waals surface area (Å²) in [5, 5.41) is 6.53. The van der Waals surface area contributed by atoms with Gasteiger partial charge in [0, 0.05) is 32.0 Å². The third-order valence-corrected chi connectivity index (χ3v) is 5.21. The van der Waals surface area contributed by atoms with Gasteiger partial charge < -0.3 is 15.1 Å². The van der Waals surface area contributed by atoms with Crippen molar-refractivity contribution in [1.29, 1.82) is 0 Å². The van der Waals surface area contributed by atoms with Gasteiger partial charge in [0.2, 0.25) is 5.91 Å². The van der Waals surface area contributed by atoms with Crippen molar-refractivity contribution in [3.05, 3.63) is 59.7 Å². The van der Waals surface area contributed by atoms with E-state index in [1.54, 1.807) is 0 Å². The summed E-state index contributed by atoms with van der Waals surface area (Å²) in [4.78, 5) is 16.8. The molecule has 3 rings (SSSR count). The van der Waals surface area contributed by atoms with Crippen LogP contribution in [0.2, 0.25) is 0 Å². The van der Waals surface area contributed by atoms with Gasteiger partial charge in [0.15, 0.2) is 0 Å². The Hall–Kier alpha value is -2.53. The number of hydrogen-bond donors (Lipinski definition) is 2. The van der Waals surface area contributed by atoms with Gasteiger partial charge in [0.05, 0.1) is 13.1 Å². The van der Waals surface area contributed by atoms with Crippen LogP contribution in [-0.2, 0) is 16.6 Å². The molecular weight excluding hydrogens is 348 g/mol. The molecular formula is C23H32N4O. The number of carbonyl (C=O) groups is 1. The first-order valence-corrected chi connectivity index (χ1v) is 9.87. The van der Waals surface area contributed by atoms with Crippen molar-refractivity contribution >= 4 is 17.3 Å². The lowest BCUT2D eigenvalue weighted by Crippen LogP contribution is -2.46. The lowest BCUT2D eigenvalue weighted by Gasteiger charge is -2.27. The third-order valence-electron chi connectivity index (χ3n) is 5.21. The molecule has 2 N–H and O–H groups in total. The van der Waals surface area contributed by atoms with E-state index in [0.29, 0.717) is 6.42 Å². The maximum Gasteiger partial charge on any atom is 0.226 e. The minimum Gasteiger partial charge on any atom is -0.378 e. The smallest absolute Gasteiger partial charge is 0.226 e. The van der Waals surface area contributed by atoms with Crippen molar-refractivity contribution in [3.8, 4) is 0 Å². The van der Waals surface area contributed by atoms with Crippen molar-refractivity contribution in [2.24, 2.45) is 0 Å². The summed E-state index contributed by atoms with van der Waals surface area (Å²) in [6.07, 6.45) is 0.357. The molecule has 1 aliphatic rings. The quantitative estimate of drug-likeness (QED) is 0.837. The van der Waals surface area contributed by atoms with Crippen molar-refractivity contribution in [2.45, 2.75) is 38.8 Å². The minimum atomic E-state index is -0.0333. The summed E-state index contributed by atoms with van der Waals surface area (Å²) in [5.74, 6) is 0.0441. The molecule has 28 heavy (non-hydrogen) atoms. The molecule has 1 fully saturated rings. The average molecular weight is 381 g/mol. The Balaban J connectivity index is 1.62. The van der Waals surface area contributed by atoms with Crippen LogP contribution in [0.25, 0.3) is 0 Å². The van der Waals surface area contributed by atoms with E-state index in [9.17, 15) is 4.79 Å². The Bertz CT molecular complexity index is 791. The summed E-state index contributed by atoms with van der Waals surface area (Å²) in [6, 6.07) is 16.8. The average Bonchev–Trinajstić information content (AvgIpc) is 3.09. The summed E-state index contributed by atoms with van der Waals surface area (Å²) in [6.45, 7) is 8.12. The summed E-state index contributed by atoms with van der Waals surface area (Å²) < 4.78 is 0. The van der Waals surface area contributed by atoms with Gasteiger partial charge in [-0.1, -0.05) is 45.0 Å². The molecule has 0 spiro atoms. The van der Waals surface area contributed by atoms with E-state index in [4.69, 9.17) is 0 Å². The molecule has 0 bridgehead atoms. The minimum absolute atomic E-state index is 0.0333. The van der Waals surface area contributed by atoms with Crippen LogP contribution in [0.3, 0.4) is 0 Å². The Kier molecular flexibility index (Phi) is 5.94. The lowest BCUT2D eigenvalue weighted by atomic mass is 9.87. The zero-order chi connectivity index (χ0) is 20.3. The fourth-order valence-electron chi connectivity index (χ4n) is 3.43. The second-order valence-corrected chi connectivity index (χ2v) is 8.70. The molecule has 1 aliphatic heterocycles. The number of carbonyl (C=O) groups excluding carboxylic acids is 1. The fraction of sp³-hybridized carbons (Fsp3) is 0.435. The van der Waals surface area contributed by atoms with Gasteiger partial charge in [-0.2, -0.15) is 0 Å². The molecule has 1 atom stereocenters. The number of amides is 1. The summed E-state index contributed by atoms with van der Waals surface area (Å²) in [5.41, 5.74) is 4.73. The number of nitrogens with zero attached hydrogens (tertiary/aromatic N) is 2. The molecule has 5 nitrogen and oxygen atoms in total. The van der Waals surface area contributed by atoms with E-state index < -0.39 is 0 Å². The predicted molar refractivity (Wildman–Crippen MR) is 117 cm³/mol. The highest BCUT2D eigenvalue weighted by Gasteiger charge is 2.26. The normalized spacial score (nSPS) is 16.9. The van der Waals surface area contributed by atoms with Crippen molar-refractivity contribution in [1.82, 2.24) is 10.6 Å². The molecule has 0 radical (unpaired) electrons. The first-order chi connectivity index (χ1) is 13.2. The van der Waals surface area contributed by atoms with Gasteiger partial charge in [-0.15, -0.1) is 0 Å². The topological polar surface area (TPSA) is 47.6 Å². The van der Waals surface area contributed by atoms with Crippen LogP contribution in [0.15, 0.2) is 48.5 Å². The molecule has 0 aliphatic carbocycles. The van der Waals surface area contributed by atoms with Crippen LogP contribution in [0.1, 0.15) is 31.9 Å². The first-order valence-electron chi connectivity index (χ1n) is 9.87. The predicted octanol–water partition coefficient (Wildman–Crippen LogP) is 3.10. The van der Waals surface area contributed by atoms with E-state index in [1.807, 2.05) is 38.4 Å². The molecule has 0 aromatic heterocycles. The van der Waals surface area contributed by atoms with Crippen molar-refractivity contribution < 1.29 is 4.79 Å². The molecule has 1 heterocycles. The molecule has 2 aromatic carbocycles. The zero-order valence-electron chi connectivity index (χ0n) is 17.6. The number of anilines is 2. The highest BCUT2D eigenvalue weighted by atomic mass is 16.1. The third kappa shape index (κ3) is 4.84. The van der Waals surface area contributed by atoms with Crippen LogP contribution in [0.5, 0.6) is 0 Å². The second kappa shape index (κ2) is 8.23. The Labute approximate surface area is 168 Å². The van der Waals surface area contributed by atoms with Gasteiger partial charge >= 0.3 is 0 Å². The summed E-state index contributed by atoms with van der Waals surface area (Å²) in [7, 11) is 4.02. The van der Waals surface area contributed by atoms with Gasteiger partial charge in [-0.3, -0.25) is 10.1 Å². The second-order valence-electron chi connectivity index (χ2n) is 8.70. The van der Waals surface area contributed by atoms with Crippen LogP contribution in [0.4, 0.5) is 11.4 Å². The van der Waals surface area contributed by atoms with Crippen molar-refractivity contribution in [3.63, 3.8) is 0 Å². The Morgan fingerprint density at radius 2 is 1.75 bits per heavy atom. The largest absolute Gasteiger partial charge is 0.378 e. The Morgan fingerprint density at radius 1 is 1.11 bits per heavy atom. The highest BCUT2D eigenvalue weighted by Crippen LogP contribution is 2.26. The first kappa shape index (κ1) is 20.2.